The predicted octanol–water partition coefficient (Wildman–Crippen LogP) is 4.05. The molecule has 3 rings (SSSR count). The summed E-state index contributed by atoms with van der Waals surface area (Å²) in [4.78, 5) is 4.69. The number of hydrogen-bond donors (Lipinski definition) is 1. The van der Waals surface area contributed by atoms with Crippen LogP contribution in [0.15, 0.2) is 12.1 Å². The molecule has 1 atom stereocenters. The maximum absolute atomic E-state index is 6.25. The van der Waals surface area contributed by atoms with Gasteiger partial charge in [-0.15, -0.1) is 0 Å². The Kier molecular flexibility index (Phi) is 2.97. The van der Waals surface area contributed by atoms with Gasteiger partial charge in [0.1, 0.15) is 0 Å². The number of nitrogens with two attached hydrogens (primary N) is 1. The van der Waals surface area contributed by atoms with Gasteiger partial charge in [-0.25, -0.2) is 0 Å². The van der Waals surface area contributed by atoms with E-state index in [1.807, 2.05) is 13.0 Å². The fraction of sp³-hybridized carbons (Fsp3) is 0.357. The molecule has 0 amide bonds. The van der Waals surface area contributed by atoms with Gasteiger partial charge in [-0.2, -0.15) is 0 Å². The molecule has 18 heavy (non-hydrogen) atoms. The summed E-state index contributed by atoms with van der Waals surface area (Å²) in [6.45, 7) is 2.00. The topological polar surface area (TPSA) is 38.9 Å². The Hall–Kier alpha value is -0.830. The maximum Gasteiger partial charge on any atom is 0.0896 e. The van der Waals surface area contributed by atoms with Gasteiger partial charge in [0.05, 0.1) is 10.5 Å². The highest BCUT2D eigenvalue weighted by Gasteiger charge is 2.22. The Bertz CT molecular complexity index is 635. The molecule has 1 aliphatic rings. The largest absolute Gasteiger partial charge is 0.324 e. The van der Waals surface area contributed by atoms with Gasteiger partial charge < -0.3 is 5.73 Å². The van der Waals surface area contributed by atoms with E-state index in [1.54, 1.807) is 6.07 Å². The second-order valence-corrected chi connectivity index (χ2v) is 5.72. The molecular weight excluding hydrogens is 267 g/mol. The van der Waals surface area contributed by atoms with Crippen molar-refractivity contribution >= 4 is 34.1 Å². The molecule has 2 aromatic rings. The molecule has 1 aromatic carbocycles. The van der Waals surface area contributed by atoms with Crippen LogP contribution in [0.2, 0.25) is 10.0 Å². The molecule has 0 aliphatic heterocycles. The van der Waals surface area contributed by atoms with Crippen molar-refractivity contribution in [3.8, 4) is 0 Å². The third-order valence-corrected chi connectivity index (χ3v) is 4.04. The monoisotopic (exact) mass is 280 g/mol. The summed E-state index contributed by atoms with van der Waals surface area (Å²) in [5.74, 6) is 0. The molecule has 1 aromatic heterocycles. The number of nitrogens with zero attached hydrogens (tertiary/aromatic N) is 1. The van der Waals surface area contributed by atoms with Gasteiger partial charge in [0.2, 0.25) is 0 Å². The number of fused-ring (bicyclic) bond motifs is 2. The number of hydrogen-bond acceptors (Lipinski definition) is 2. The number of pyridine rings is 1. The molecule has 0 bridgehead atoms. The minimum absolute atomic E-state index is 0.0307. The van der Waals surface area contributed by atoms with Crippen molar-refractivity contribution in [2.75, 3.05) is 0 Å². The van der Waals surface area contributed by atoms with Crippen molar-refractivity contribution in [2.24, 2.45) is 5.73 Å². The van der Waals surface area contributed by atoms with Crippen molar-refractivity contribution in [1.82, 2.24) is 4.98 Å². The third-order valence-electron chi connectivity index (χ3n) is 3.53. The van der Waals surface area contributed by atoms with Gasteiger partial charge in [0.25, 0.3) is 0 Å². The van der Waals surface area contributed by atoms with E-state index in [1.165, 1.54) is 5.56 Å². The van der Waals surface area contributed by atoms with Gasteiger partial charge in [-0.05, 0) is 49.4 Å². The van der Waals surface area contributed by atoms with Crippen molar-refractivity contribution < 1.29 is 0 Å². The smallest absolute Gasteiger partial charge is 0.0896 e. The molecule has 0 fully saturated rings. The van der Waals surface area contributed by atoms with Crippen molar-refractivity contribution in [1.29, 1.82) is 0 Å². The highest BCUT2D eigenvalue weighted by molar-refractivity contribution is 6.38. The Morgan fingerprint density at radius 3 is 2.78 bits per heavy atom. The number of benzene rings is 1. The van der Waals surface area contributed by atoms with Crippen LogP contribution >= 0.6 is 23.2 Å². The van der Waals surface area contributed by atoms with Crippen LogP contribution in [0, 0.1) is 0 Å². The first-order valence-electron chi connectivity index (χ1n) is 6.14. The highest BCUT2D eigenvalue weighted by Crippen LogP contribution is 2.37. The second kappa shape index (κ2) is 4.37. The molecule has 0 radical (unpaired) electrons. The summed E-state index contributed by atoms with van der Waals surface area (Å²) in [6, 6.07) is 3.63. The molecule has 0 saturated heterocycles. The van der Waals surface area contributed by atoms with Crippen LogP contribution in [0.5, 0.6) is 0 Å². The minimum atomic E-state index is -0.0307. The Labute approximate surface area is 116 Å². The average Bonchev–Trinajstić information content (AvgIpc) is 2.73. The zero-order chi connectivity index (χ0) is 12.9. The van der Waals surface area contributed by atoms with E-state index in [-0.39, 0.29) is 6.04 Å². The van der Waals surface area contributed by atoms with Crippen molar-refractivity contribution in [3.63, 3.8) is 0 Å². The van der Waals surface area contributed by atoms with E-state index in [0.717, 1.165) is 41.4 Å². The molecule has 4 heteroatoms. The fourth-order valence-corrected chi connectivity index (χ4v) is 3.38. The van der Waals surface area contributed by atoms with Crippen molar-refractivity contribution in [3.05, 3.63) is 39.0 Å². The van der Waals surface area contributed by atoms with Crippen LogP contribution in [-0.4, -0.2) is 4.98 Å². The Morgan fingerprint density at radius 2 is 2.06 bits per heavy atom. The van der Waals surface area contributed by atoms with Gasteiger partial charge >= 0.3 is 0 Å². The SMILES string of the molecule is CC(N)c1c2c(nc3c(Cl)cc(Cl)cc13)CCC2. The van der Waals surface area contributed by atoms with Crippen molar-refractivity contribution in [2.45, 2.75) is 32.2 Å². The Balaban J connectivity index is 2.46. The van der Waals surface area contributed by atoms with Crippen LogP contribution < -0.4 is 5.73 Å². The molecule has 1 unspecified atom stereocenters. The van der Waals surface area contributed by atoms with Crippen LogP contribution in [-0.2, 0) is 12.8 Å². The van der Waals surface area contributed by atoms with Gasteiger partial charge in [-0.1, -0.05) is 23.2 Å². The van der Waals surface area contributed by atoms with Crippen LogP contribution in [0.1, 0.15) is 36.2 Å². The summed E-state index contributed by atoms with van der Waals surface area (Å²) in [6.07, 6.45) is 3.22. The summed E-state index contributed by atoms with van der Waals surface area (Å²) in [5.41, 5.74) is 10.6. The first-order valence-corrected chi connectivity index (χ1v) is 6.89. The lowest BCUT2D eigenvalue weighted by Gasteiger charge is -2.16. The van der Waals surface area contributed by atoms with E-state index in [4.69, 9.17) is 33.9 Å². The molecule has 2 N–H and O–H groups in total. The predicted molar refractivity (Wildman–Crippen MR) is 76.4 cm³/mol. The normalized spacial score (nSPS) is 16.0. The van der Waals surface area contributed by atoms with E-state index < -0.39 is 0 Å². The first-order chi connectivity index (χ1) is 8.58. The van der Waals surface area contributed by atoms with E-state index >= 15 is 0 Å². The van der Waals surface area contributed by atoms with Gasteiger partial charge in [0, 0.05) is 22.1 Å². The lowest BCUT2D eigenvalue weighted by Crippen LogP contribution is -2.10. The summed E-state index contributed by atoms with van der Waals surface area (Å²) >= 11 is 12.4. The van der Waals surface area contributed by atoms with E-state index in [2.05, 4.69) is 0 Å². The lowest BCUT2D eigenvalue weighted by molar-refractivity contribution is 0.806. The molecule has 1 heterocycles. The van der Waals surface area contributed by atoms with Gasteiger partial charge in [0.15, 0.2) is 0 Å². The zero-order valence-corrected chi connectivity index (χ0v) is 11.6. The fourth-order valence-electron chi connectivity index (χ4n) is 2.84. The number of aryl methyl sites for hydroxylation is 1. The summed E-state index contributed by atoms with van der Waals surface area (Å²) in [7, 11) is 0. The third kappa shape index (κ3) is 1.80. The van der Waals surface area contributed by atoms with Gasteiger partial charge in [-0.3, -0.25) is 4.98 Å². The average molecular weight is 281 g/mol. The van der Waals surface area contributed by atoms with E-state index in [9.17, 15) is 0 Å². The molecule has 94 valence electrons. The van der Waals surface area contributed by atoms with E-state index in [0.29, 0.717) is 10.0 Å². The standard InChI is InChI=1S/C14H14Cl2N2/c1-7(17)13-9-3-2-4-12(9)18-14-10(13)5-8(15)6-11(14)16/h5-7H,2-4,17H2,1H3. The Morgan fingerprint density at radius 1 is 1.28 bits per heavy atom. The van der Waals surface area contributed by atoms with Crippen LogP contribution in [0.3, 0.4) is 0 Å². The summed E-state index contributed by atoms with van der Waals surface area (Å²) < 4.78 is 0. The molecule has 1 aliphatic carbocycles. The minimum Gasteiger partial charge on any atom is -0.324 e. The molecule has 2 nitrogen and oxygen atoms in total. The molecule has 0 spiro atoms. The quantitative estimate of drug-likeness (QED) is 0.856. The zero-order valence-electron chi connectivity index (χ0n) is 10.1. The van der Waals surface area contributed by atoms with Crippen LogP contribution in [0.25, 0.3) is 10.9 Å². The number of rotatable bonds is 1. The molecule has 0 saturated carbocycles. The maximum atomic E-state index is 6.25. The first kappa shape index (κ1) is 12.2. The number of aromatic nitrogens is 1. The second-order valence-electron chi connectivity index (χ2n) is 4.88. The molecular formula is C14H14Cl2N2. The number of halogens is 2. The highest BCUT2D eigenvalue weighted by atomic mass is 35.5. The van der Waals surface area contributed by atoms with Crippen LogP contribution in [0.4, 0.5) is 0 Å². The lowest BCUT2D eigenvalue weighted by atomic mass is 9.96. The summed E-state index contributed by atoms with van der Waals surface area (Å²) in [5, 5.41) is 2.24.